The van der Waals surface area contributed by atoms with E-state index in [0.717, 1.165) is 17.2 Å². The molecule has 0 radical (unpaired) electrons. The van der Waals surface area contributed by atoms with Gasteiger partial charge in [0.25, 0.3) is 0 Å². The molecule has 1 aliphatic heterocycles. The van der Waals surface area contributed by atoms with E-state index in [1.54, 1.807) is 4.68 Å². The molecule has 1 fully saturated rings. The monoisotopic (exact) mass is 400 g/mol. The summed E-state index contributed by atoms with van der Waals surface area (Å²) in [4.78, 5) is 23.0. The molecule has 1 aliphatic rings. The van der Waals surface area contributed by atoms with Crippen molar-refractivity contribution in [2.75, 3.05) is 23.3 Å². The lowest BCUT2D eigenvalue weighted by Crippen LogP contribution is -2.52. The maximum atomic E-state index is 13.2. The van der Waals surface area contributed by atoms with Gasteiger partial charge in [0.15, 0.2) is 5.82 Å². The van der Waals surface area contributed by atoms with Crippen molar-refractivity contribution >= 4 is 29.0 Å². The Morgan fingerprint density at radius 2 is 1.93 bits per heavy atom. The number of carbonyl (C=O) groups excluding carboxylic acids is 1. The van der Waals surface area contributed by atoms with Crippen LogP contribution in [0.4, 0.5) is 15.9 Å². The van der Waals surface area contributed by atoms with Gasteiger partial charge in [-0.3, -0.25) is 4.79 Å². The lowest BCUT2D eigenvalue weighted by atomic mass is 9.99. The van der Waals surface area contributed by atoms with E-state index in [2.05, 4.69) is 20.4 Å². The van der Waals surface area contributed by atoms with Crippen molar-refractivity contribution < 1.29 is 9.18 Å². The topological polar surface area (TPSA) is 75.9 Å². The molecule has 0 spiro atoms. The minimum atomic E-state index is -0.517. The molecule has 0 saturated carbocycles. The van der Waals surface area contributed by atoms with Crippen molar-refractivity contribution in [1.29, 1.82) is 0 Å². The largest absolute Gasteiger partial charge is 0.355 e. The van der Waals surface area contributed by atoms with Crippen LogP contribution >= 0.6 is 11.6 Å². The molecule has 0 aliphatic carbocycles. The highest BCUT2D eigenvalue weighted by Gasteiger charge is 2.33. The molecule has 3 aromatic rings. The first-order chi connectivity index (χ1) is 13.4. The van der Waals surface area contributed by atoms with E-state index in [0.29, 0.717) is 24.6 Å². The number of nitrogens with zero attached hydrogens (tertiary/aromatic N) is 5. The van der Waals surface area contributed by atoms with Crippen LogP contribution in [-0.2, 0) is 4.79 Å². The van der Waals surface area contributed by atoms with Crippen LogP contribution in [0.2, 0.25) is 5.02 Å². The molecule has 2 aromatic heterocycles. The third-order valence-electron chi connectivity index (χ3n) is 4.63. The molecular formula is C19H18ClFN6O. The number of rotatable bonds is 4. The average molecular weight is 401 g/mol. The third-order valence-corrected chi connectivity index (χ3v) is 4.92. The molecule has 144 valence electrons. The Labute approximate surface area is 166 Å². The number of aromatic nitrogens is 4. The standard InChI is InChI=1S/C19H18ClFN6O/c1-11-5-12(2)27(25-11)18-7-17(22-10-23-18)26-8-13(9-26)19(28)24-14-3-4-16(21)15(20)6-14/h3-7,10,13H,8-9H2,1-2H3,(H,24,28). The SMILES string of the molecule is Cc1cc(C)n(-c2cc(N3CC(C(=O)Nc4ccc(F)c(Cl)c4)C3)ncn2)n1. The zero-order valence-electron chi connectivity index (χ0n) is 15.4. The van der Waals surface area contributed by atoms with Crippen molar-refractivity contribution in [2.24, 2.45) is 5.92 Å². The molecule has 1 amide bonds. The molecule has 1 aromatic carbocycles. The minimum absolute atomic E-state index is 0.0225. The summed E-state index contributed by atoms with van der Waals surface area (Å²) >= 11 is 5.75. The molecule has 9 heteroatoms. The highest BCUT2D eigenvalue weighted by atomic mass is 35.5. The van der Waals surface area contributed by atoms with E-state index < -0.39 is 5.82 Å². The molecule has 0 atom stereocenters. The Kier molecular flexibility index (Phi) is 4.72. The molecule has 1 saturated heterocycles. The second-order valence-corrected chi connectivity index (χ2v) is 7.20. The number of amides is 1. The second-order valence-electron chi connectivity index (χ2n) is 6.79. The maximum Gasteiger partial charge on any atom is 0.231 e. The lowest BCUT2D eigenvalue weighted by molar-refractivity contribution is -0.120. The molecule has 0 unspecified atom stereocenters. The van der Waals surface area contributed by atoms with Crippen LogP contribution in [0, 0.1) is 25.6 Å². The van der Waals surface area contributed by atoms with E-state index in [4.69, 9.17) is 11.6 Å². The first-order valence-corrected chi connectivity index (χ1v) is 9.15. The average Bonchev–Trinajstić information content (AvgIpc) is 2.95. The molecule has 0 bridgehead atoms. The van der Waals surface area contributed by atoms with Crippen LogP contribution in [-0.4, -0.2) is 38.7 Å². The van der Waals surface area contributed by atoms with Crippen molar-refractivity contribution in [1.82, 2.24) is 19.7 Å². The van der Waals surface area contributed by atoms with Crippen molar-refractivity contribution in [3.63, 3.8) is 0 Å². The van der Waals surface area contributed by atoms with Gasteiger partial charge in [0.05, 0.1) is 16.6 Å². The summed E-state index contributed by atoms with van der Waals surface area (Å²) in [6.45, 7) is 4.97. The van der Waals surface area contributed by atoms with Crippen molar-refractivity contribution in [3.05, 3.63) is 58.9 Å². The fraction of sp³-hybridized carbons (Fsp3) is 0.263. The van der Waals surface area contributed by atoms with Crippen LogP contribution in [0.15, 0.2) is 36.7 Å². The van der Waals surface area contributed by atoms with Gasteiger partial charge in [-0.15, -0.1) is 0 Å². The summed E-state index contributed by atoms with van der Waals surface area (Å²) in [6.07, 6.45) is 1.50. The number of hydrogen-bond acceptors (Lipinski definition) is 5. The fourth-order valence-corrected chi connectivity index (χ4v) is 3.32. The van der Waals surface area contributed by atoms with Gasteiger partial charge in [0.1, 0.15) is 18.0 Å². The summed E-state index contributed by atoms with van der Waals surface area (Å²) in [5.74, 6) is 0.593. The normalized spacial score (nSPS) is 14.1. The zero-order chi connectivity index (χ0) is 19.8. The first kappa shape index (κ1) is 18.4. The number of halogens is 2. The van der Waals surface area contributed by atoms with E-state index >= 15 is 0 Å². The van der Waals surface area contributed by atoms with Gasteiger partial charge in [-0.1, -0.05) is 11.6 Å². The van der Waals surface area contributed by atoms with E-state index in [9.17, 15) is 9.18 Å². The highest BCUT2D eigenvalue weighted by molar-refractivity contribution is 6.31. The Morgan fingerprint density at radius 3 is 2.61 bits per heavy atom. The summed E-state index contributed by atoms with van der Waals surface area (Å²) in [5.41, 5.74) is 2.38. The second kappa shape index (κ2) is 7.20. The minimum Gasteiger partial charge on any atom is -0.355 e. The third kappa shape index (κ3) is 3.55. The van der Waals surface area contributed by atoms with Gasteiger partial charge < -0.3 is 10.2 Å². The Balaban J connectivity index is 1.41. The van der Waals surface area contributed by atoms with Crippen LogP contribution < -0.4 is 10.2 Å². The molecule has 7 nitrogen and oxygen atoms in total. The van der Waals surface area contributed by atoms with Gasteiger partial charge in [0.2, 0.25) is 5.91 Å². The van der Waals surface area contributed by atoms with Crippen LogP contribution in [0.25, 0.3) is 5.82 Å². The van der Waals surface area contributed by atoms with E-state index in [1.165, 1.54) is 24.5 Å². The van der Waals surface area contributed by atoms with Crippen LogP contribution in [0.1, 0.15) is 11.4 Å². The summed E-state index contributed by atoms with van der Waals surface area (Å²) < 4.78 is 15.0. The summed E-state index contributed by atoms with van der Waals surface area (Å²) in [5, 5.41) is 7.18. The van der Waals surface area contributed by atoms with E-state index in [-0.39, 0.29) is 16.8 Å². The quantitative estimate of drug-likeness (QED) is 0.728. The molecule has 4 rings (SSSR count). The maximum absolute atomic E-state index is 13.2. The molecule has 28 heavy (non-hydrogen) atoms. The molecular weight excluding hydrogens is 383 g/mol. The predicted octanol–water partition coefficient (Wildman–Crippen LogP) is 3.15. The zero-order valence-corrected chi connectivity index (χ0v) is 16.1. The molecule has 3 heterocycles. The highest BCUT2D eigenvalue weighted by Crippen LogP contribution is 2.26. The fourth-order valence-electron chi connectivity index (χ4n) is 3.14. The Hall–Kier alpha value is -3.00. The number of aryl methyl sites for hydroxylation is 2. The number of nitrogens with one attached hydrogen (secondary N) is 1. The number of anilines is 2. The number of carbonyl (C=O) groups is 1. The van der Waals surface area contributed by atoms with Crippen LogP contribution in [0.3, 0.4) is 0 Å². The van der Waals surface area contributed by atoms with E-state index in [1.807, 2.05) is 30.9 Å². The number of benzene rings is 1. The lowest BCUT2D eigenvalue weighted by Gasteiger charge is -2.39. The van der Waals surface area contributed by atoms with Gasteiger partial charge in [-0.25, -0.2) is 19.0 Å². The van der Waals surface area contributed by atoms with Crippen molar-refractivity contribution in [3.8, 4) is 5.82 Å². The summed E-state index contributed by atoms with van der Waals surface area (Å²) in [7, 11) is 0. The van der Waals surface area contributed by atoms with Crippen LogP contribution in [0.5, 0.6) is 0 Å². The van der Waals surface area contributed by atoms with Gasteiger partial charge in [0, 0.05) is 30.5 Å². The molecule has 1 N–H and O–H groups in total. The van der Waals surface area contributed by atoms with Gasteiger partial charge in [-0.05, 0) is 38.1 Å². The predicted molar refractivity (Wildman–Crippen MR) is 104 cm³/mol. The van der Waals surface area contributed by atoms with Gasteiger partial charge in [-0.2, -0.15) is 5.10 Å². The smallest absolute Gasteiger partial charge is 0.231 e. The number of hydrogen-bond donors (Lipinski definition) is 1. The van der Waals surface area contributed by atoms with Gasteiger partial charge >= 0.3 is 0 Å². The first-order valence-electron chi connectivity index (χ1n) is 8.77. The Bertz CT molecular complexity index is 1050. The summed E-state index contributed by atoms with van der Waals surface area (Å²) in [6, 6.07) is 7.95. The Morgan fingerprint density at radius 1 is 1.18 bits per heavy atom. The van der Waals surface area contributed by atoms with Crippen molar-refractivity contribution in [2.45, 2.75) is 13.8 Å².